The quantitative estimate of drug-likeness (QED) is 0.418. The Labute approximate surface area is 193 Å². The van der Waals surface area contributed by atoms with Crippen LogP contribution >= 0.6 is 23.2 Å². The number of nitrogens with zero attached hydrogens (tertiary/aromatic N) is 2. The van der Waals surface area contributed by atoms with E-state index >= 15 is 0 Å². The number of nitrogens with one attached hydrogen (secondary N) is 1. The van der Waals surface area contributed by atoms with Crippen LogP contribution in [-0.2, 0) is 4.84 Å². The van der Waals surface area contributed by atoms with Gasteiger partial charge in [0.25, 0.3) is 5.56 Å². The predicted molar refractivity (Wildman–Crippen MR) is 121 cm³/mol. The Morgan fingerprint density at radius 3 is 2.47 bits per heavy atom. The first-order valence-corrected chi connectivity index (χ1v) is 10.8. The van der Waals surface area contributed by atoms with Crippen LogP contribution in [0, 0.1) is 11.6 Å². The first-order valence-electron chi connectivity index (χ1n) is 10.0. The lowest BCUT2D eigenvalue weighted by atomic mass is 10.0. The smallest absolute Gasteiger partial charge is 0.255 e. The molecule has 0 unspecified atom stereocenters. The fourth-order valence-electron chi connectivity index (χ4n) is 3.49. The summed E-state index contributed by atoms with van der Waals surface area (Å²) in [6.45, 7) is 1.58. The van der Waals surface area contributed by atoms with Crippen molar-refractivity contribution in [3.05, 3.63) is 97.9 Å². The summed E-state index contributed by atoms with van der Waals surface area (Å²) in [5, 5.41) is 8.01. The number of benzene rings is 2. The van der Waals surface area contributed by atoms with Crippen molar-refractivity contribution in [2.24, 2.45) is 5.16 Å². The number of para-hydroxylation sites is 1. The normalized spacial score (nSPS) is 15.1. The van der Waals surface area contributed by atoms with Crippen molar-refractivity contribution in [3.8, 4) is 5.69 Å². The molecule has 1 aliphatic heterocycles. The van der Waals surface area contributed by atoms with Crippen LogP contribution in [0.4, 0.5) is 8.78 Å². The van der Waals surface area contributed by atoms with Crippen LogP contribution in [0.1, 0.15) is 24.0 Å². The van der Waals surface area contributed by atoms with Gasteiger partial charge in [0, 0.05) is 29.5 Å². The van der Waals surface area contributed by atoms with Crippen LogP contribution in [0.5, 0.6) is 0 Å². The molecule has 5 nitrogen and oxygen atoms in total. The summed E-state index contributed by atoms with van der Waals surface area (Å²) < 4.78 is 29.5. The number of hydrogen-bond acceptors (Lipinski definition) is 4. The van der Waals surface area contributed by atoms with E-state index in [2.05, 4.69) is 10.5 Å². The molecular formula is C23H19Cl2F2N3O2. The molecule has 1 N–H and O–H groups in total. The standard InChI is InChI=1S/C23H19Cl2F2N3O2/c24-18-2-1-3-19(25)23(18)30-13-14(4-7-21(30)31)22(17-6-5-15(26)12-20(17)27)29-32-16-8-10-28-11-9-16/h1-7,12-13,16,28H,8-11H2. The van der Waals surface area contributed by atoms with Crippen molar-refractivity contribution in [1.82, 2.24) is 9.88 Å². The number of rotatable bonds is 5. The highest BCUT2D eigenvalue weighted by molar-refractivity contribution is 6.37. The second-order valence-electron chi connectivity index (χ2n) is 7.32. The maximum absolute atomic E-state index is 14.7. The van der Waals surface area contributed by atoms with E-state index in [1.807, 2.05) is 0 Å². The van der Waals surface area contributed by atoms with Gasteiger partial charge in [0.1, 0.15) is 23.5 Å². The van der Waals surface area contributed by atoms with E-state index in [1.165, 1.54) is 29.0 Å². The third-order valence-electron chi connectivity index (χ3n) is 5.13. The van der Waals surface area contributed by atoms with Gasteiger partial charge in [-0.25, -0.2) is 8.78 Å². The minimum atomic E-state index is -0.800. The summed E-state index contributed by atoms with van der Waals surface area (Å²) in [6, 6.07) is 10.9. The van der Waals surface area contributed by atoms with E-state index < -0.39 is 11.6 Å². The molecule has 0 atom stereocenters. The van der Waals surface area contributed by atoms with Crippen molar-refractivity contribution in [1.29, 1.82) is 0 Å². The molecule has 166 valence electrons. The first kappa shape index (κ1) is 22.5. The third kappa shape index (κ3) is 4.85. The molecule has 0 aliphatic carbocycles. The van der Waals surface area contributed by atoms with Crippen molar-refractivity contribution in [3.63, 3.8) is 0 Å². The van der Waals surface area contributed by atoms with Gasteiger partial charge in [0.2, 0.25) is 0 Å². The van der Waals surface area contributed by atoms with Crippen LogP contribution in [0.25, 0.3) is 5.69 Å². The molecule has 1 saturated heterocycles. The lowest BCUT2D eigenvalue weighted by Gasteiger charge is -2.21. The number of oxime groups is 1. The minimum absolute atomic E-state index is 0.0378. The molecule has 1 aromatic heterocycles. The van der Waals surface area contributed by atoms with Crippen LogP contribution in [0.3, 0.4) is 0 Å². The SMILES string of the molecule is O=c1ccc(C(=NOC2CCNCC2)c2ccc(F)cc2F)cn1-c1c(Cl)cccc1Cl. The number of piperidine rings is 1. The second-order valence-corrected chi connectivity index (χ2v) is 8.13. The summed E-state index contributed by atoms with van der Waals surface area (Å²) in [5.41, 5.74) is 0.441. The largest absolute Gasteiger partial charge is 0.392 e. The van der Waals surface area contributed by atoms with E-state index in [9.17, 15) is 13.6 Å². The molecule has 9 heteroatoms. The molecule has 0 radical (unpaired) electrons. The molecular weight excluding hydrogens is 459 g/mol. The highest BCUT2D eigenvalue weighted by atomic mass is 35.5. The zero-order valence-electron chi connectivity index (χ0n) is 16.8. The number of halogens is 4. The molecule has 3 aromatic rings. The van der Waals surface area contributed by atoms with Crippen LogP contribution in [0.15, 0.2) is 64.7 Å². The monoisotopic (exact) mass is 477 g/mol. The zero-order valence-corrected chi connectivity index (χ0v) is 18.3. The van der Waals surface area contributed by atoms with Gasteiger partial charge >= 0.3 is 0 Å². The van der Waals surface area contributed by atoms with Gasteiger partial charge in [-0.2, -0.15) is 0 Å². The van der Waals surface area contributed by atoms with Gasteiger partial charge in [-0.1, -0.05) is 34.4 Å². The van der Waals surface area contributed by atoms with Crippen molar-refractivity contribution >= 4 is 28.9 Å². The van der Waals surface area contributed by atoms with Crippen LogP contribution in [-0.4, -0.2) is 29.5 Å². The summed E-state index contributed by atoms with van der Waals surface area (Å²) in [6.07, 6.45) is 2.82. The van der Waals surface area contributed by atoms with Crippen LogP contribution in [0.2, 0.25) is 10.0 Å². The molecule has 32 heavy (non-hydrogen) atoms. The van der Waals surface area contributed by atoms with Crippen molar-refractivity contribution in [2.75, 3.05) is 13.1 Å². The highest BCUT2D eigenvalue weighted by Gasteiger charge is 2.19. The summed E-state index contributed by atoms with van der Waals surface area (Å²) in [5.74, 6) is -1.51. The number of hydrogen-bond donors (Lipinski definition) is 1. The van der Waals surface area contributed by atoms with Gasteiger partial charge < -0.3 is 10.2 Å². The minimum Gasteiger partial charge on any atom is -0.392 e. The van der Waals surface area contributed by atoms with E-state index in [-0.39, 0.29) is 33.0 Å². The van der Waals surface area contributed by atoms with Gasteiger partial charge in [0.15, 0.2) is 0 Å². The Hall–Kier alpha value is -2.74. The topological polar surface area (TPSA) is 55.6 Å². The third-order valence-corrected chi connectivity index (χ3v) is 5.74. The maximum Gasteiger partial charge on any atom is 0.255 e. The molecule has 4 rings (SSSR count). The molecule has 0 bridgehead atoms. The van der Waals surface area contributed by atoms with E-state index in [0.29, 0.717) is 11.3 Å². The van der Waals surface area contributed by atoms with Crippen molar-refractivity contribution in [2.45, 2.75) is 18.9 Å². The van der Waals surface area contributed by atoms with Gasteiger partial charge in [-0.05, 0) is 56.3 Å². The van der Waals surface area contributed by atoms with E-state index in [4.69, 9.17) is 28.0 Å². The van der Waals surface area contributed by atoms with Gasteiger partial charge in [-0.15, -0.1) is 0 Å². The Balaban J connectivity index is 1.83. The van der Waals surface area contributed by atoms with Gasteiger partial charge in [-0.3, -0.25) is 9.36 Å². The average molecular weight is 478 g/mol. The maximum atomic E-state index is 14.7. The lowest BCUT2D eigenvalue weighted by molar-refractivity contribution is 0.0378. The molecule has 0 spiro atoms. The molecule has 0 amide bonds. The molecule has 1 aliphatic rings. The summed E-state index contributed by atoms with van der Waals surface area (Å²) in [4.78, 5) is 18.3. The highest BCUT2D eigenvalue weighted by Crippen LogP contribution is 2.28. The number of pyridine rings is 1. The Morgan fingerprint density at radius 2 is 1.78 bits per heavy atom. The zero-order chi connectivity index (χ0) is 22.7. The lowest BCUT2D eigenvalue weighted by Crippen LogP contribution is -2.31. The second kappa shape index (κ2) is 9.81. The van der Waals surface area contributed by atoms with Crippen LogP contribution < -0.4 is 10.9 Å². The fraction of sp³-hybridized carbons (Fsp3) is 0.217. The molecule has 2 aromatic carbocycles. The fourth-order valence-corrected chi connectivity index (χ4v) is 4.07. The van der Waals surface area contributed by atoms with Crippen molar-refractivity contribution < 1.29 is 13.6 Å². The average Bonchev–Trinajstić information content (AvgIpc) is 2.77. The Kier molecular flexibility index (Phi) is 6.89. The van der Waals surface area contributed by atoms with E-state index in [0.717, 1.165) is 38.1 Å². The Morgan fingerprint density at radius 1 is 1.06 bits per heavy atom. The summed E-state index contributed by atoms with van der Waals surface area (Å²) in [7, 11) is 0. The van der Waals surface area contributed by atoms with Gasteiger partial charge in [0.05, 0.1) is 15.7 Å². The predicted octanol–water partition coefficient (Wildman–Crippen LogP) is 4.94. The Bertz CT molecular complexity index is 1200. The molecule has 1 fully saturated rings. The van der Waals surface area contributed by atoms with E-state index in [1.54, 1.807) is 18.2 Å². The molecule has 2 heterocycles. The number of aromatic nitrogens is 1. The first-order chi connectivity index (χ1) is 15.4. The summed E-state index contributed by atoms with van der Waals surface area (Å²) >= 11 is 12.6. The molecule has 0 saturated carbocycles.